The summed E-state index contributed by atoms with van der Waals surface area (Å²) in [4.78, 5) is 19.2. The number of guanidine groups is 1. The van der Waals surface area contributed by atoms with Crippen LogP contribution in [0, 0.1) is 13.8 Å². The molecule has 1 amide bonds. The van der Waals surface area contributed by atoms with E-state index in [9.17, 15) is 18.0 Å². The Balaban J connectivity index is 0.000000545. The van der Waals surface area contributed by atoms with Gasteiger partial charge >= 0.3 is 0 Å². The Labute approximate surface area is 126 Å². The summed E-state index contributed by atoms with van der Waals surface area (Å²) in [7, 11) is 0. The highest BCUT2D eigenvalue weighted by Gasteiger charge is 2.35. The van der Waals surface area contributed by atoms with Gasteiger partial charge in [0.2, 0.25) is 18.8 Å². The molecule has 0 aromatic heterocycles. The van der Waals surface area contributed by atoms with Crippen molar-refractivity contribution in [1.82, 2.24) is 4.90 Å². The van der Waals surface area contributed by atoms with E-state index < -0.39 is 18.8 Å². The highest BCUT2D eigenvalue weighted by Crippen LogP contribution is 2.27. The van der Waals surface area contributed by atoms with Crippen LogP contribution in [0.2, 0.25) is 0 Å². The molecule has 0 spiro atoms. The highest BCUT2D eigenvalue weighted by molar-refractivity contribution is 6.22. The van der Waals surface area contributed by atoms with E-state index in [0.29, 0.717) is 19.0 Å². The van der Waals surface area contributed by atoms with Gasteiger partial charge in [-0.15, -0.1) is 0 Å². The van der Waals surface area contributed by atoms with Gasteiger partial charge in [-0.05, 0) is 37.1 Å². The van der Waals surface area contributed by atoms with Crippen LogP contribution in [0.25, 0.3) is 0 Å². The number of rotatable bonds is 1. The molecule has 2 heterocycles. The molecule has 1 aromatic carbocycles. The van der Waals surface area contributed by atoms with Crippen LogP contribution >= 0.6 is 0 Å². The fraction of sp³-hybridized carbons (Fsp3) is 0.333. The average molecular weight is 311 g/mol. The van der Waals surface area contributed by atoms with Crippen LogP contribution in [-0.4, -0.2) is 36.8 Å². The van der Waals surface area contributed by atoms with E-state index in [2.05, 4.69) is 4.99 Å². The molecule has 4 nitrogen and oxygen atoms in total. The van der Waals surface area contributed by atoms with Crippen molar-refractivity contribution in [2.45, 2.75) is 13.8 Å². The first-order valence-corrected chi connectivity index (χ1v) is 6.72. The maximum Gasteiger partial charge on any atom is 0.262 e. The molecule has 0 atom stereocenters. The molecule has 118 valence electrons. The highest BCUT2D eigenvalue weighted by atomic mass is 19.3. The van der Waals surface area contributed by atoms with E-state index in [1.807, 2.05) is 32.0 Å². The first-order valence-electron chi connectivity index (χ1n) is 6.72. The number of hydrogen-bond acceptors (Lipinski definition) is 3. The number of fused-ring (bicyclic) bond motifs is 1. The second-order valence-electron chi connectivity index (χ2n) is 4.84. The molecule has 2 aliphatic heterocycles. The topological polar surface area (TPSA) is 35.9 Å². The number of hydrogen-bond donors (Lipinski definition) is 0. The van der Waals surface area contributed by atoms with Crippen molar-refractivity contribution in [1.29, 1.82) is 0 Å². The Morgan fingerprint density at radius 1 is 1.23 bits per heavy atom. The molecule has 0 saturated heterocycles. The number of nitrogens with zero attached hydrogens (tertiary/aromatic N) is 3. The lowest BCUT2D eigenvalue weighted by molar-refractivity contribution is -0.113. The van der Waals surface area contributed by atoms with Crippen molar-refractivity contribution in [3.05, 3.63) is 41.4 Å². The zero-order valence-corrected chi connectivity index (χ0v) is 12.3. The van der Waals surface area contributed by atoms with Crippen molar-refractivity contribution < 1.29 is 18.0 Å². The van der Waals surface area contributed by atoms with E-state index in [4.69, 9.17) is 0 Å². The summed E-state index contributed by atoms with van der Waals surface area (Å²) in [5.74, 6) is -0.535. The third-order valence-electron chi connectivity index (χ3n) is 3.49. The SMILES string of the molecule is Cc1ccc(N2C(=O)C=C(F)N3CCN=C32)cc1C.FCF. The molecule has 0 saturated carbocycles. The number of carbonyl (C=O) groups is 1. The van der Waals surface area contributed by atoms with E-state index >= 15 is 0 Å². The Hall–Kier alpha value is -2.31. The zero-order valence-electron chi connectivity index (χ0n) is 12.3. The third kappa shape index (κ3) is 2.98. The lowest BCUT2D eigenvalue weighted by Gasteiger charge is -2.31. The zero-order chi connectivity index (χ0) is 16.3. The second-order valence-corrected chi connectivity index (χ2v) is 4.84. The van der Waals surface area contributed by atoms with E-state index in [-0.39, 0.29) is 0 Å². The number of amides is 1. The van der Waals surface area contributed by atoms with Gasteiger partial charge in [-0.25, -0.2) is 13.7 Å². The van der Waals surface area contributed by atoms with Crippen molar-refractivity contribution in [3.63, 3.8) is 0 Å². The van der Waals surface area contributed by atoms with Crippen LogP contribution in [0.15, 0.2) is 35.2 Å². The maximum absolute atomic E-state index is 13.7. The van der Waals surface area contributed by atoms with Gasteiger partial charge in [-0.1, -0.05) is 6.07 Å². The van der Waals surface area contributed by atoms with E-state index in [1.165, 1.54) is 9.80 Å². The molecular weight excluding hydrogens is 295 g/mol. The maximum atomic E-state index is 13.7. The number of carbonyl (C=O) groups excluding carboxylic acids is 1. The summed E-state index contributed by atoms with van der Waals surface area (Å²) < 4.78 is 32.9. The third-order valence-corrected chi connectivity index (χ3v) is 3.49. The van der Waals surface area contributed by atoms with Crippen LogP contribution in [0.1, 0.15) is 11.1 Å². The number of halogens is 3. The van der Waals surface area contributed by atoms with Gasteiger partial charge in [-0.3, -0.25) is 14.7 Å². The van der Waals surface area contributed by atoms with Gasteiger partial charge < -0.3 is 0 Å². The number of aryl methyl sites for hydroxylation is 2. The minimum Gasteiger partial charge on any atom is -0.286 e. The molecule has 2 aliphatic rings. The molecule has 0 N–H and O–H groups in total. The molecule has 0 bridgehead atoms. The van der Waals surface area contributed by atoms with Gasteiger partial charge in [0, 0.05) is 6.54 Å². The molecule has 0 unspecified atom stereocenters. The Morgan fingerprint density at radius 3 is 2.55 bits per heavy atom. The molecule has 0 aliphatic carbocycles. The van der Waals surface area contributed by atoms with E-state index in [1.54, 1.807) is 0 Å². The summed E-state index contributed by atoms with van der Waals surface area (Å²) >= 11 is 0. The van der Waals surface area contributed by atoms with Crippen LogP contribution in [0.3, 0.4) is 0 Å². The van der Waals surface area contributed by atoms with Gasteiger partial charge in [0.25, 0.3) is 5.91 Å². The lowest BCUT2D eigenvalue weighted by Crippen LogP contribution is -2.47. The summed E-state index contributed by atoms with van der Waals surface area (Å²) in [6, 6.07) is 5.73. The normalized spacial score (nSPS) is 16.7. The number of anilines is 1. The monoisotopic (exact) mass is 311 g/mol. The fourth-order valence-electron chi connectivity index (χ4n) is 2.28. The van der Waals surface area contributed by atoms with E-state index in [0.717, 1.165) is 22.9 Å². The van der Waals surface area contributed by atoms with Gasteiger partial charge in [0.15, 0.2) is 0 Å². The standard InChI is InChI=1S/C14H14FN3O.CH2F2/c1-9-3-4-11(7-10(9)2)18-13(19)8-12(15)17-6-5-16-14(17)18;2-1-3/h3-4,7-8H,5-6H2,1-2H3;1H2. The second kappa shape index (κ2) is 6.64. The Kier molecular flexibility index (Phi) is 4.85. The van der Waals surface area contributed by atoms with Gasteiger partial charge in [0.05, 0.1) is 18.3 Å². The lowest BCUT2D eigenvalue weighted by atomic mass is 10.1. The molecule has 7 heteroatoms. The summed E-state index contributed by atoms with van der Waals surface area (Å²) in [6.45, 7) is 3.23. The van der Waals surface area contributed by atoms with Crippen molar-refractivity contribution in [2.24, 2.45) is 4.99 Å². The smallest absolute Gasteiger partial charge is 0.262 e. The molecule has 3 rings (SSSR count). The largest absolute Gasteiger partial charge is 0.286 e. The minimum absolute atomic E-state index is 0.383. The molecule has 22 heavy (non-hydrogen) atoms. The quantitative estimate of drug-likeness (QED) is 0.748. The summed E-state index contributed by atoms with van der Waals surface area (Å²) in [5.41, 5.74) is 2.97. The predicted molar refractivity (Wildman–Crippen MR) is 78.7 cm³/mol. The van der Waals surface area contributed by atoms with Crippen LogP contribution in [-0.2, 0) is 4.79 Å². The van der Waals surface area contributed by atoms with Crippen LogP contribution in [0.5, 0.6) is 0 Å². The summed E-state index contributed by atoms with van der Waals surface area (Å²) in [5, 5.41) is 0. The van der Waals surface area contributed by atoms with Crippen LogP contribution < -0.4 is 4.90 Å². The fourth-order valence-corrected chi connectivity index (χ4v) is 2.28. The first kappa shape index (κ1) is 16.1. The van der Waals surface area contributed by atoms with Gasteiger partial charge in [-0.2, -0.15) is 4.39 Å². The summed E-state index contributed by atoms with van der Waals surface area (Å²) in [6.07, 6.45) is 1.01. The minimum atomic E-state index is -1.75. The van der Waals surface area contributed by atoms with Crippen LogP contribution in [0.4, 0.5) is 18.9 Å². The van der Waals surface area contributed by atoms with Crippen molar-refractivity contribution >= 4 is 17.6 Å². The predicted octanol–water partition coefficient (Wildman–Crippen LogP) is 3.02. The Bertz CT molecular complexity index is 643. The van der Waals surface area contributed by atoms with Gasteiger partial charge in [0.1, 0.15) is 0 Å². The molecule has 0 fully saturated rings. The number of alkyl halides is 2. The number of aliphatic imine (C=N–C) groups is 1. The first-order chi connectivity index (χ1) is 10.5. The molecular formula is C15H16F3N3O. The molecule has 0 radical (unpaired) electrons. The Morgan fingerprint density at radius 2 is 1.91 bits per heavy atom. The van der Waals surface area contributed by atoms with Crippen molar-refractivity contribution in [3.8, 4) is 0 Å². The van der Waals surface area contributed by atoms with Crippen molar-refractivity contribution in [2.75, 3.05) is 24.9 Å². The number of benzene rings is 1. The molecule has 1 aromatic rings. The average Bonchev–Trinajstić information content (AvgIpc) is 2.93.